The average molecular weight is 317 g/mol. The largest absolute Gasteiger partial charge is 0.350 e. The first-order valence-corrected chi connectivity index (χ1v) is 8.18. The van der Waals surface area contributed by atoms with E-state index in [1.54, 1.807) is 6.20 Å². The number of nitrogens with two attached hydrogens (primary N) is 1. The van der Waals surface area contributed by atoms with Gasteiger partial charge in [-0.3, -0.25) is 10.2 Å². The number of thiophene rings is 1. The molecular weight excluding hydrogens is 298 g/mol. The van der Waals surface area contributed by atoms with Gasteiger partial charge in [0.15, 0.2) is 0 Å². The lowest BCUT2D eigenvalue weighted by Gasteiger charge is -2.24. The number of rotatable bonds is 4. The number of hydroxylamine groups is 2. The van der Waals surface area contributed by atoms with E-state index < -0.39 is 6.03 Å². The van der Waals surface area contributed by atoms with Crippen LogP contribution >= 0.6 is 11.3 Å². The van der Waals surface area contributed by atoms with Gasteiger partial charge in [-0.1, -0.05) is 6.07 Å². The van der Waals surface area contributed by atoms with Gasteiger partial charge in [0, 0.05) is 28.6 Å². The number of aromatic nitrogens is 1. The van der Waals surface area contributed by atoms with Crippen molar-refractivity contribution in [2.75, 3.05) is 6.54 Å². The first kappa shape index (κ1) is 15.0. The molecule has 0 aromatic carbocycles. The molecule has 22 heavy (non-hydrogen) atoms. The summed E-state index contributed by atoms with van der Waals surface area (Å²) in [6.07, 6.45) is 7.46. The molecule has 1 unspecified atom stereocenters. The summed E-state index contributed by atoms with van der Waals surface area (Å²) in [6, 6.07) is 5.52. The second kappa shape index (κ2) is 6.46. The summed E-state index contributed by atoms with van der Waals surface area (Å²) in [4.78, 5) is 17.8. The molecule has 0 fully saturated rings. The fraction of sp³-hybridized carbons (Fsp3) is 0.375. The first-order valence-electron chi connectivity index (χ1n) is 7.37. The van der Waals surface area contributed by atoms with Crippen molar-refractivity contribution in [1.29, 1.82) is 0 Å². The van der Waals surface area contributed by atoms with Crippen molar-refractivity contribution in [2.45, 2.75) is 25.7 Å². The van der Waals surface area contributed by atoms with Gasteiger partial charge in [0.25, 0.3) is 0 Å². The van der Waals surface area contributed by atoms with Gasteiger partial charge in [0.1, 0.15) is 0 Å². The SMILES string of the molecule is NC(=O)N(O)CC1CCc2sc(Cc3cccnc3)cc2C1. The van der Waals surface area contributed by atoms with E-state index in [4.69, 9.17) is 5.73 Å². The van der Waals surface area contributed by atoms with Crippen LogP contribution in [0.5, 0.6) is 0 Å². The molecule has 1 aliphatic carbocycles. The summed E-state index contributed by atoms with van der Waals surface area (Å²) in [6.45, 7) is 0.308. The van der Waals surface area contributed by atoms with E-state index in [0.717, 1.165) is 25.7 Å². The zero-order valence-electron chi connectivity index (χ0n) is 12.2. The number of nitrogens with zero attached hydrogens (tertiary/aromatic N) is 2. The maximum absolute atomic E-state index is 10.9. The summed E-state index contributed by atoms with van der Waals surface area (Å²) >= 11 is 1.86. The number of urea groups is 1. The van der Waals surface area contributed by atoms with Gasteiger partial charge in [-0.05, 0) is 48.4 Å². The van der Waals surface area contributed by atoms with E-state index in [0.29, 0.717) is 11.6 Å². The van der Waals surface area contributed by atoms with Crippen molar-refractivity contribution in [1.82, 2.24) is 10.0 Å². The van der Waals surface area contributed by atoms with E-state index in [1.807, 2.05) is 23.6 Å². The zero-order valence-corrected chi connectivity index (χ0v) is 13.1. The predicted octanol–water partition coefficient (Wildman–Crippen LogP) is 2.61. The number of amides is 2. The molecule has 6 heteroatoms. The molecule has 1 atom stereocenters. The third-order valence-corrected chi connectivity index (χ3v) is 5.26. The molecule has 3 N–H and O–H groups in total. The summed E-state index contributed by atoms with van der Waals surface area (Å²) in [7, 11) is 0. The van der Waals surface area contributed by atoms with Gasteiger partial charge in [-0.2, -0.15) is 0 Å². The molecule has 0 saturated carbocycles. The Labute approximate surface area is 133 Å². The smallest absolute Gasteiger partial charge is 0.338 e. The zero-order chi connectivity index (χ0) is 15.5. The Morgan fingerprint density at radius 2 is 2.41 bits per heavy atom. The van der Waals surface area contributed by atoms with E-state index in [9.17, 15) is 10.0 Å². The molecule has 0 aliphatic heterocycles. The van der Waals surface area contributed by atoms with Crippen LogP contribution in [0.3, 0.4) is 0 Å². The van der Waals surface area contributed by atoms with Gasteiger partial charge in [-0.15, -0.1) is 11.3 Å². The van der Waals surface area contributed by atoms with Gasteiger partial charge < -0.3 is 5.73 Å². The van der Waals surface area contributed by atoms with E-state index in [-0.39, 0.29) is 5.92 Å². The third kappa shape index (κ3) is 3.45. The second-order valence-electron chi connectivity index (χ2n) is 5.73. The lowest BCUT2D eigenvalue weighted by molar-refractivity contribution is -0.0516. The molecule has 0 saturated heterocycles. The lowest BCUT2D eigenvalue weighted by Crippen LogP contribution is -2.37. The maximum Gasteiger partial charge on any atom is 0.338 e. The van der Waals surface area contributed by atoms with Crippen LogP contribution in [0.4, 0.5) is 4.79 Å². The van der Waals surface area contributed by atoms with E-state index >= 15 is 0 Å². The van der Waals surface area contributed by atoms with Crippen LogP contribution < -0.4 is 5.73 Å². The Balaban J connectivity index is 1.66. The third-order valence-electron chi connectivity index (χ3n) is 4.02. The minimum absolute atomic E-state index is 0.269. The molecule has 3 rings (SSSR count). The number of hydrogen-bond donors (Lipinski definition) is 2. The number of carbonyl (C=O) groups excluding carboxylic acids is 1. The second-order valence-corrected chi connectivity index (χ2v) is 6.95. The average Bonchev–Trinajstić information content (AvgIpc) is 2.89. The van der Waals surface area contributed by atoms with Gasteiger partial charge in [0.2, 0.25) is 0 Å². The number of hydrogen-bond acceptors (Lipinski definition) is 4. The highest BCUT2D eigenvalue weighted by molar-refractivity contribution is 7.12. The van der Waals surface area contributed by atoms with Gasteiger partial charge in [-0.25, -0.2) is 9.86 Å². The lowest BCUT2D eigenvalue weighted by atomic mass is 9.88. The van der Waals surface area contributed by atoms with Gasteiger partial charge in [0.05, 0.1) is 6.54 Å². The van der Waals surface area contributed by atoms with Crippen molar-refractivity contribution in [3.05, 3.63) is 51.5 Å². The highest BCUT2D eigenvalue weighted by Crippen LogP contribution is 2.33. The number of aryl methyl sites for hydroxylation is 1. The van der Waals surface area contributed by atoms with Crippen molar-refractivity contribution >= 4 is 17.4 Å². The molecule has 116 valence electrons. The fourth-order valence-corrected chi connectivity index (χ4v) is 4.19. The Hall–Kier alpha value is -1.92. The van der Waals surface area contributed by atoms with Crippen molar-refractivity contribution in [2.24, 2.45) is 11.7 Å². The first-order chi connectivity index (χ1) is 10.6. The van der Waals surface area contributed by atoms with Crippen LogP contribution in [0.2, 0.25) is 0 Å². The number of fused-ring (bicyclic) bond motifs is 1. The number of primary amides is 1. The fourth-order valence-electron chi connectivity index (χ4n) is 2.94. The Morgan fingerprint density at radius 1 is 1.55 bits per heavy atom. The molecule has 1 aliphatic rings. The number of carbonyl (C=O) groups is 1. The molecule has 2 heterocycles. The highest BCUT2D eigenvalue weighted by atomic mass is 32.1. The van der Waals surface area contributed by atoms with E-state index in [2.05, 4.69) is 17.1 Å². The quantitative estimate of drug-likeness (QED) is 0.672. The monoisotopic (exact) mass is 317 g/mol. The summed E-state index contributed by atoms with van der Waals surface area (Å²) in [5.41, 5.74) is 7.63. The van der Waals surface area contributed by atoms with Crippen LogP contribution in [0, 0.1) is 5.92 Å². The van der Waals surface area contributed by atoms with Crippen molar-refractivity contribution in [3.63, 3.8) is 0 Å². The van der Waals surface area contributed by atoms with Crippen LogP contribution in [0.25, 0.3) is 0 Å². The molecule has 0 bridgehead atoms. The molecule has 2 amide bonds. The Bertz CT molecular complexity index is 657. The Kier molecular flexibility index (Phi) is 4.40. The van der Waals surface area contributed by atoms with Crippen LogP contribution in [0.15, 0.2) is 30.6 Å². The molecule has 0 spiro atoms. The van der Waals surface area contributed by atoms with Crippen LogP contribution in [0.1, 0.15) is 27.3 Å². The van der Waals surface area contributed by atoms with Crippen molar-refractivity contribution in [3.8, 4) is 0 Å². The Morgan fingerprint density at radius 3 is 3.14 bits per heavy atom. The van der Waals surface area contributed by atoms with Gasteiger partial charge >= 0.3 is 6.03 Å². The molecular formula is C16H19N3O2S. The molecule has 2 aromatic heterocycles. The normalized spacial score (nSPS) is 17.0. The highest BCUT2D eigenvalue weighted by Gasteiger charge is 2.23. The molecule has 5 nitrogen and oxygen atoms in total. The molecule has 0 radical (unpaired) electrons. The summed E-state index contributed by atoms with van der Waals surface area (Å²) < 4.78 is 0. The standard InChI is InChI=1S/C16H19N3O2S/c17-16(20)19(21)10-12-3-4-15-13(6-12)8-14(22-15)7-11-2-1-5-18-9-11/h1-2,5,8-9,12,21H,3-4,6-7,10H2,(H2,17,20). The summed E-state index contributed by atoms with van der Waals surface area (Å²) in [5, 5.41) is 10.1. The maximum atomic E-state index is 10.9. The number of pyridine rings is 1. The topological polar surface area (TPSA) is 79.5 Å². The minimum atomic E-state index is -0.784. The van der Waals surface area contributed by atoms with Crippen LogP contribution in [-0.2, 0) is 19.3 Å². The van der Waals surface area contributed by atoms with E-state index in [1.165, 1.54) is 20.9 Å². The van der Waals surface area contributed by atoms with Crippen molar-refractivity contribution < 1.29 is 10.0 Å². The molecule has 2 aromatic rings. The summed E-state index contributed by atoms with van der Waals surface area (Å²) in [5.74, 6) is 0.269. The minimum Gasteiger partial charge on any atom is -0.350 e. The predicted molar refractivity (Wildman–Crippen MR) is 85.0 cm³/mol. The van der Waals surface area contributed by atoms with Crippen LogP contribution in [-0.4, -0.2) is 27.8 Å².